The molecule has 0 unspecified atom stereocenters. The highest BCUT2D eigenvalue weighted by Crippen LogP contribution is 2.33. The summed E-state index contributed by atoms with van der Waals surface area (Å²) in [5, 5.41) is 20.7. The Morgan fingerprint density at radius 2 is 1.10 bits per heavy atom. The summed E-state index contributed by atoms with van der Waals surface area (Å²) in [6.07, 6.45) is 0. The molecule has 2 aromatic rings. The molecular formula is C14H10Cl4O3. The molecule has 0 aliphatic carbocycles. The Hall–Kier alpha value is -0.840. The molecule has 0 aromatic heterocycles. The Kier molecular flexibility index (Phi) is 5.47. The Morgan fingerprint density at radius 3 is 1.48 bits per heavy atom. The van der Waals surface area contributed by atoms with Crippen molar-refractivity contribution in [2.24, 2.45) is 0 Å². The van der Waals surface area contributed by atoms with Crippen LogP contribution in [-0.4, -0.2) is 10.2 Å². The molecule has 0 aliphatic rings. The van der Waals surface area contributed by atoms with E-state index in [1.165, 1.54) is 12.1 Å². The number of aromatic hydroxyl groups is 2. The van der Waals surface area contributed by atoms with Gasteiger partial charge in [0.2, 0.25) is 0 Å². The predicted octanol–water partition coefficient (Wildman–Crippen LogP) is 5.43. The van der Waals surface area contributed by atoms with Gasteiger partial charge in [-0.2, -0.15) is 0 Å². The van der Waals surface area contributed by atoms with Crippen LogP contribution in [0.5, 0.6) is 11.5 Å². The van der Waals surface area contributed by atoms with E-state index in [9.17, 15) is 10.2 Å². The lowest BCUT2D eigenvalue weighted by Gasteiger charge is -2.10. The molecule has 0 aliphatic heterocycles. The molecule has 0 saturated heterocycles. The molecule has 21 heavy (non-hydrogen) atoms. The van der Waals surface area contributed by atoms with Gasteiger partial charge in [0, 0.05) is 21.2 Å². The van der Waals surface area contributed by atoms with Gasteiger partial charge in [0.25, 0.3) is 0 Å². The minimum Gasteiger partial charge on any atom is -0.506 e. The molecule has 0 spiro atoms. The van der Waals surface area contributed by atoms with Gasteiger partial charge >= 0.3 is 0 Å². The number of halogens is 4. The molecular weight excluding hydrogens is 358 g/mol. The van der Waals surface area contributed by atoms with E-state index in [2.05, 4.69) is 0 Å². The van der Waals surface area contributed by atoms with E-state index < -0.39 is 0 Å². The van der Waals surface area contributed by atoms with Crippen LogP contribution in [0, 0.1) is 0 Å². The van der Waals surface area contributed by atoms with Gasteiger partial charge in [-0.25, -0.2) is 0 Å². The predicted molar refractivity (Wildman–Crippen MR) is 84.7 cm³/mol. The van der Waals surface area contributed by atoms with Crippen LogP contribution in [0.3, 0.4) is 0 Å². The second kappa shape index (κ2) is 6.95. The van der Waals surface area contributed by atoms with Crippen molar-refractivity contribution in [1.82, 2.24) is 0 Å². The molecule has 0 atom stereocenters. The van der Waals surface area contributed by atoms with Crippen LogP contribution >= 0.6 is 46.4 Å². The van der Waals surface area contributed by atoms with Crippen molar-refractivity contribution in [3.8, 4) is 11.5 Å². The zero-order chi connectivity index (χ0) is 15.6. The lowest BCUT2D eigenvalue weighted by Crippen LogP contribution is -1.96. The molecule has 112 valence electrons. The zero-order valence-corrected chi connectivity index (χ0v) is 13.6. The van der Waals surface area contributed by atoms with E-state index in [0.29, 0.717) is 21.2 Å². The van der Waals surface area contributed by atoms with E-state index >= 15 is 0 Å². The Balaban J connectivity index is 2.09. The normalized spacial score (nSPS) is 10.9. The maximum atomic E-state index is 9.80. The smallest absolute Gasteiger partial charge is 0.139 e. The van der Waals surface area contributed by atoms with Crippen molar-refractivity contribution in [3.63, 3.8) is 0 Å². The molecule has 0 bridgehead atoms. The first-order valence-corrected chi connectivity index (χ1v) is 7.31. The van der Waals surface area contributed by atoms with Gasteiger partial charge in [-0.1, -0.05) is 46.4 Å². The fourth-order valence-corrected chi connectivity index (χ4v) is 2.80. The van der Waals surface area contributed by atoms with Gasteiger partial charge in [-0.15, -0.1) is 0 Å². The minimum atomic E-state index is -0.0885. The number of benzene rings is 2. The summed E-state index contributed by atoms with van der Waals surface area (Å²) in [5.41, 5.74) is 0.889. The van der Waals surface area contributed by atoms with Crippen molar-refractivity contribution < 1.29 is 14.9 Å². The first kappa shape index (κ1) is 16.5. The van der Waals surface area contributed by atoms with Crippen molar-refractivity contribution in [1.29, 1.82) is 0 Å². The Morgan fingerprint density at radius 1 is 0.714 bits per heavy atom. The van der Waals surface area contributed by atoms with Crippen LogP contribution in [0.25, 0.3) is 0 Å². The fourth-order valence-electron chi connectivity index (χ4n) is 1.73. The van der Waals surface area contributed by atoms with E-state index in [4.69, 9.17) is 51.1 Å². The van der Waals surface area contributed by atoms with Crippen LogP contribution in [0.15, 0.2) is 24.3 Å². The summed E-state index contributed by atoms with van der Waals surface area (Å²) < 4.78 is 5.43. The van der Waals surface area contributed by atoms with Crippen molar-refractivity contribution in [3.05, 3.63) is 55.5 Å². The van der Waals surface area contributed by atoms with Gasteiger partial charge < -0.3 is 14.9 Å². The highest BCUT2D eigenvalue weighted by molar-refractivity contribution is 6.36. The minimum absolute atomic E-state index is 0.0652. The first-order chi connectivity index (χ1) is 9.88. The maximum Gasteiger partial charge on any atom is 0.139 e. The molecule has 2 rings (SSSR count). The quantitative estimate of drug-likeness (QED) is 0.757. The average Bonchev–Trinajstić information content (AvgIpc) is 2.40. The summed E-state index contributed by atoms with van der Waals surface area (Å²) in [7, 11) is 0. The molecule has 2 aromatic carbocycles. The summed E-state index contributed by atoms with van der Waals surface area (Å²) in [6.45, 7) is 0.130. The molecule has 0 heterocycles. The van der Waals surface area contributed by atoms with Gasteiger partial charge in [0.1, 0.15) is 11.5 Å². The lowest BCUT2D eigenvalue weighted by molar-refractivity contribution is 0.104. The van der Waals surface area contributed by atoms with Crippen LogP contribution in [0.1, 0.15) is 11.1 Å². The number of hydrogen-bond acceptors (Lipinski definition) is 3. The molecule has 7 heteroatoms. The monoisotopic (exact) mass is 366 g/mol. The summed E-state index contributed by atoms with van der Waals surface area (Å²) in [6, 6.07) is 5.97. The number of rotatable bonds is 4. The van der Waals surface area contributed by atoms with Crippen molar-refractivity contribution in [2.75, 3.05) is 0 Å². The van der Waals surface area contributed by atoms with Gasteiger partial charge in [0.05, 0.1) is 23.3 Å². The van der Waals surface area contributed by atoms with E-state index in [1.54, 1.807) is 12.1 Å². The van der Waals surface area contributed by atoms with Crippen LogP contribution in [0.2, 0.25) is 20.1 Å². The number of hydrogen-bond donors (Lipinski definition) is 2. The third-order valence-corrected chi connectivity index (χ3v) is 3.74. The number of ether oxygens (including phenoxy) is 1. The number of phenols is 2. The largest absolute Gasteiger partial charge is 0.506 e. The third kappa shape index (κ3) is 4.09. The topological polar surface area (TPSA) is 49.7 Å². The van der Waals surface area contributed by atoms with Crippen LogP contribution < -0.4 is 0 Å². The van der Waals surface area contributed by atoms with Gasteiger partial charge in [-0.3, -0.25) is 0 Å². The van der Waals surface area contributed by atoms with E-state index in [0.717, 1.165) is 0 Å². The standard InChI is InChI=1S/C14H10Cl4O3/c15-9-1-7(13(19)11(17)3-9)5-21-6-8-2-10(16)4-12(18)14(8)20/h1-4,19-20H,5-6H2. The van der Waals surface area contributed by atoms with Crippen LogP contribution in [-0.2, 0) is 18.0 Å². The lowest BCUT2D eigenvalue weighted by atomic mass is 10.2. The SMILES string of the molecule is Oc1c(Cl)cc(Cl)cc1COCc1cc(Cl)cc(Cl)c1O. The van der Waals surface area contributed by atoms with Crippen LogP contribution in [0.4, 0.5) is 0 Å². The second-order valence-corrected chi connectivity index (χ2v) is 5.97. The third-order valence-electron chi connectivity index (χ3n) is 2.73. The maximum absolute atomic E-state index is 9.80. The molecule has 2 N–H and O–H groups in total. The summed E-state index contributed by atoms with van der Waals surface area (Å²) in [4.78, 5) is 0. The highest BCUT2D eigenvalue weighted by atomic mass is 35.5. The molecule has 3 nitrogen and oxygen atoms in total. The van der Waals surface area contributed by atoms with E-state index in [1.807, 2.05) is 0 Å². The Labute approximate surface area is 141 Å². The van der Waals surface area contributed by atoms with Gasteiger partial charge in [0.15, 0.2) is 0 Å². The average molecular weight is 368 g/mol. The second-order valence-electron chi connectivity index (χ2n) is 4.28. The summed E-state index contributed by atoms with van der Waals surface area (Å²) in [5.74, 6) is -0.177. The van der Waals surface area contributed by atoms with E-state index in [-0.39, 0.29) is 34.8 Å². The number of phenolic OH excluding ortho intramolecular Hbond substituents is 2. The zero-order valence-electron chi connectivity index (χ0n) is 10.5. The fraction of sp³-hybridized carbons (Fsp3) is 0.143. The highest BCUT2D eigenvalue weighted by Gasteiger charge is 2.11. The van der Waals surface area contributed by atoms with Gasteiger partial charge in [-0.05, 0) is 24.3 Å². The van der Waals surface area contributed by atoms with Crippen molar-refractivity contribution in [2.45, 2.75) is 13.2 Å². The molecule has 0 radical (unpaired) electrons. The summed E-state index contributed by atoms with van der Waals surface area (Å²) >= 11 is 23.4. The Bertz CT molecular complexity index is 616. The molecule has 0 saturated carbocycles. The van der Waals surface area contributed by atoms with Crippen molar-refractivity contribution >= 4 is 46.4 Å². The first-order valence-electron chi connectivity index (χ1n) is 5.80. The molecule has 0 amide bonds. The molecule has 0 fully saturated rings.